The summed E-state index contributed by atoms with van der Waals surface area (Å²) in [6, 6.07) is 0.0353. The van der Waals surface area contributed by atoms with E-state index >= 15 is 0 Å². The number of amides is 1. The van der Waals surface area contributed by atoms with Crippen molar-refractivity contribution in [1.82, 2.24) is 9.21 Å². The predicted molar refractivity (Wildman–Crippen MR) is 78.1 cm³/mol. The van der Waals surface area contributed by atoms with Crippen molar-refractivity contribution in [3.05, 3.63) is 0 Å². The average molecular weight is 306 g/mol. The van der Waals surface area contributed by atoms with Gasteiger partial charge in [0.15, 0.2) is 0 Å². The van der Waals surface area contributed by atoms with Gasteiger partial charge in [0.05, 0.1) is 5.75 Å². The number of hydrogen-bond acceptors (Lipinski definition) is 4. The van der Waals surface area contributed by atoms with Crippen LogP contribution in [-0.2, 0) is 14.8 Å². The molecular weight excluding hydrogens is 280 g/mol. The molecule has 0 N–H and O–H groups in total. The zero-order chi connectivity index (χ0) is 15.6. The van der Waals surface area contributed by atoms with Crippen LogP contribution in [0, 0.1) is 0 Å². The van der Waals surface area contributed by atoms with Gasteiger partial charge in [-0.2, -0.15) is 0 Å². The molecule has 1 saturated heterocycles. The van der Waals surface area contributed by atoms with E-state index in [1.54, 1.807) is 18.9 Å². The quantitative estimate of drug-likeness (QED) is 0.795. The fraction of sp³-hybridized carbons (Fsp3) is 0.923. The minimum Gasteiger partial charge on any atom is -0.444 e. The van der Waals surface area contributed by atoms with Gasteiger partial charge in [0.2, 0.25) is 10.0 Å². The molecule has 1 aliphatic rings. The third-order valence-electron chi connectivity index (χ3n) is 3.41. The van der Waals surface area contributed by atoms with Crippen LogP contribution in [-0.4, -0.2) is 61.2 Å². The van der Waals surface area contributed by atoms with Gasteiger partial charge in [0.25, 0.3) is 0 Å². The second-order valence-electron chi connectivity index (χ2n) is 6.12. The third-order valence-corrected chi connectivity index (χ3v) is 5.29. The summed E-state index contributed by atoms with van der Waals surface area (Å²) in [6.45, 7) is 8.07. The van der Waals surface area contributed by atoms with Gasteiger partial charge in [0, 0.05) is 26.2 Å². The van der Waals surface area contributed by atoms with Crippen molar-refractivity contribution in [3.8, 4) is 0 Å². The van der Waals surface area contributed by atoms with E-state index in [2.05, 4.69) is 0 Å². The topological polar surface area (TPSA) is 66.9 Å². The van der Waals surface area contributed by atoms with Crippen LogP contribution in [0.25, 0.3) is 0 Å². The second-order valence-corrected chi connectivity index (χ2v) is 8.38. The summed E-state index contributed by atoms with van der Waals surface area (Å²) >= 11 is 0. The lowest BCUT2D eigenvalue weighted by Crippen LogP contribution is -2.48. The number of carbonyl (C=O) groups excluding carboxylic acids is 1. The first kappa shape index (κ1) is 17.2. The van der Waals surface area contributed by atoms with Gasteiger partial charge in [-0.1, -0.05) is 0 Å². The molecule has 1 amide bonds. The molecule has 7 heteroatoms. The average Bonchev–Trinajstić information content (AvgIpc) is 2.36. The number of piperidine rings is 1. The van der Waals surface area contributed by atoms with E-state index in [4.69, 9.17) is 4.74 Å². The first-order valence-electron chi connectivity index (χ1n) is 7.00. The summed E-state index contributed by atoms with van der Waals surface area (Å²) in [5.41, 5.74) is -0.516. The summed E-state index contributed by atoms with van der Waals surface area (Å²) in [6.07, 6.45) is 0.943. The predicted octanol–water partition coefficient (Wildman–Crippen LogP) is 1.67. The van der Waals surface area contributed by atoms with Crippen molar-refractivity contribution < 1.29 is 17.9 Å². The SMILES string of the molecule is CCS(=O)(=O)N1CCC(N(C)C(=O)OC(C)(C)C)CC1. The molecule has 0 aromatic heterocycles. The highest BCUT2D eigenvalue weighted by atomic mass is 32.2. The maximum Gasteiger partial charge on any atom is 0.410 e. The molecular formula is C13H26N2O4S. The summed E-state index contributed by atoms with van der Waals surface area (Å²) in [4.78, 5) is 13.5. The smallest absolute Gasteiger partial charge is 0.410 e. The first-order valence-corrected chi connectivity index (χ1v) is 8.61. The Labute approximate surface area is 122 Å². The summed E-state index contributed by atoms with van der Waals surface area (Å²) in [5.74, 6) is 0.125. The van der Waals surface area contributed by atoms with E-state index in [0.29, 0.717) is 25.9 Å². The van der Waals surface area contributed by atoms with Crippen LogP contribution in [0.15, 0.2) is 0 Å². The molecule has 118 valence electrons. The van der Waals surface area contributed by atoms with Crippen LogP contribution in [0.2, 0.25) is 0 Å². The Morgan fingerprint density at radius 2 is 1.80 bits per heavy atom. The Morgan fingerprint density at radius 3 is 2.20 bits per heavy atom. The van der Waals surface area contributed by atoms with Crippen molar-refractivity contribution in [1.29, 1.82) is 0 Å². The van der Waals surface area contributed by atoms with Gasteiger partial charge in [-0.15, -0.1) is 0 Å². The fourth-order valence-electron chi connectivity index (χ4n) is 2.17. The number of carbonyl (C=O) groups is 1. The number of nitrogens with zero attached hydrogens (tertiary/aromatic N) is 2. The molecule has 0 aliphatic carbocycles. The highest BCUT2D eigenvalue weighted by molar-refractivity contribution is 7.89. The molecule has 0 aromatic carbocycles. The zero-order valence-corrected chi connectivity index (χ0v) is 13.9. The van der Waals surface area contributed by atoms with Gasteiger partial charge < -0.3 is 9.64 Å². The Bertz CT molecular complexity index is 434. The lowest BCUT2D eigenvalue weighted by molar-refractivity contribution is 0.0178. The highest BCUT2D eigenvalue weighted by Crippen LogP contribution is 2.20. The molecule has 6 nitrogen and oxygen atoms in total. The standard InChI is InChI=1S/C13H26N2O4S/c1-6-20(17,18)15-9-7-11(8-10-15)14(5)12(16)19-13(2,3)4/h11H,6-10H2,1-5H3. The Morgan fingerprint density at radius 1 is 1.30 bits per heavy atom. The molecule has 0 aromatic rings. The van der Waals surface area contributed by atoms with Crippen LogP contribution in [0.1, 0.15) is 40.5 Å². The van der Waals surface area contributed by atoms with Crippen molar-refractivity contribution in [3.63, 3.8) is 0 Å². The molecule has 0 spiro atoms. The minimum atomic E-state index is -3.12. The van der Waals surface area contributed by atoms with E-state index in [9.17, 15) is 13.2 Å². The number of hydrogen-bond donors (Lipinski definition) is 0. The molecule has 0 radical (unpaired) electrons. The van der Waals surface area contributed by atoms with Crippen LogP contribution < -0.4 is 0 Å². The molecule has 1 rings (SSSR count). The number of sulfonamides is 1. The van der Waals surface area contributed by atoms with E-state index in [1.807, 2.05) is 20.8 Å². The number of rotatable bonds is 3. The lowest BCUT2D eigenvalue weighted by Gasteiger charge is -2.36. The molecule has 0 bridgehead atoms. The molecule has 20 heavy (non-hydrogen) atoms. The van der Waals surface area contributed by atoms with E-state index in [0.717, 1.165) is 0 Å². The van der Waals surface area contributed by atoms with Gasteiger partial charge >= 0.3 is 6.09 Å². The lowest BCUT2D eigenvalue weighted by atomic mass is 10.1. The van der Waals surface area contributed by atoms with E-state index < -0.39 is 15.6 Å². The van der Waals surface area contributed by atoms with Crippen LogP contribution in [0.3, 0.4) is 0 Å². The van der Waals surface area contributed by atoms with E-state index in [-0.39, 0.29) is 17.9 Å². The van der Waals surface area contributed by atoms with Crippen LogP contribution in [0.5, 0.6) is 0 Å². The molecule has 1 aliphatic heterocycles. The number of ether oxygens (including phenoxy) is 1. The molecule has 1 heterocycles. The van der Waals surface area contributed by atoms with Crippen molar-refractivity contribution in [2.75, 3.05) is 25.9 Å². The zero-order valence-electron chi connectivity index (χ0n) is 13.0. The molecule has 0 unspecified atom stereocenters. The van der Waals surface area contributed by atoms with Crippen molar-refractivity contribution >= 4 is 16.1 Å². The van der Waals surface area contributed by atoms with Crippen molar-refractivity contribution in [2.45, 2.75) is 52.2 Å². The van der Waals surface area contributed by atoms with Gasteiger partial charge in [0.1, 0.15) is 5.60 Å². The highest BCUT2D eigenvalue weighted by Gasteiger charge is 2.31. The second kappa shape index (κ2) is 6.30. The summed E-state index contributed by atoms with van der Waals surface area (Å²) < 4.78 is 30.4. The van der Waals surface area contributed by atoms with Crippen LogP contribution >= 0.6 is 0 Å². The van der Waals surface area contributed by atoms with Gasteiger partial charge in [-0.3, -0.25) is 0 Å². The van der Waals surface area contributed by atoms with E-state index in [1.165, 1.54) is 4.31 Å². The monoisotopic (exact) mass is 306 g/mol. The Hall–Kier alpha value is -0.820. The molecule has 1 fully saturated rings. The summed E-state index contributed by atoms with van der Waals surface area (Å²) in [5, 5.41) is 0. The largest absolute Gasteiger partial charge is 0.444 e. The van der Waals surface area contributed by atoms with Crippen LogP contribution in [0.4, 0.5) is 4.79 Å². The van der Waals surface area contributed by atoms with Crippen molar-refractivity contribution in [2.24, 2.45) is 0 Å². The molecule has 0 saturated carbocycles. The Balaban J connectivity index is 2.55. The Kier molecular flexibility index (Phi) is 5.43. The van der Waals surface area contributed by atoms with Gasteiger partial charge in [-0.05, 0) is 40.5 Å². The van der Waals surface area contributed by atoms with Gasteiger partial charge in [-0.25, -0.2) is 17.5 Å². The molecule has 0 atom stereocenters. The first-order chi connectivity index (χ1) is 9.07. The summed E-state index contributed by atoms with van der Waals surface area (Å²) in [7, 11) is -1.41. The fourth-order valence-corrected chi connectivity index (χ4v) is 3.31. The minimum absolute atomic E-state index is 0.0353. The third kappa shape index (κ3) is 4.63. The normalized spacial score (nSPS) is 18.9. The maximum absolute atomic E-state index is 12.0. The maximum atomic E-state index is 12.0.